The van der Waals surface area contributed by atoms with E-state index in [1.807, 2.05) is 46.8 Å². The molecule has 2 N–H and O–H groups in total. The smallest absolute Gasteiger partial charge is 0.309 e. The molecule has 4 rings (SSSR count). The van der Waals surface area contributed by atoms with Gasteiger partial charge in [-0.3, -0.25) is 9.59 Å². The molecule has 2 fully saturated rings. The molecule has 0 radical (unpaired) electrons. The summed E-state index contributed by atoms with van der Waals surface area (Å²) in [6, 6.07) is 0. The van der Waals surface area contributed by atoms with Crippen molar-refractivity contribution in [1.29, 1.82) is 0 Å². The van der Waals surface area contributed by atoms with Gasteiger partial charge in [0.15, 0.2) is 19.7 Å². The SMILES string of the molecule is C=C(O[C@@H]1[C@@H](C)[C@@]2(O)C(C=C(CO[Si](C)(C)C(C)(C)C)C[C@]3(O)C(=O)C(C)=C[C@@H]23)[C@@H]2C(C)(C)[C@]12OC(=O)[C@@H](C)CC)/C(C)=C/C. The molecule has 9 atom stereocenters. The van der Waals surface area contributed by atoms with Crippen LogP contribution in [-0.4, -0.2) is 59.8 Å². The van der Waals surface area contributed by atoms with Crippen LogP contribution >= 0.6 is 0 Å². The Hall–Kier alpha value is -2.00. The first-order valence-corrected chi connectivity index (χ1v) is 19.6. The van der Waals surface area contributed by atoms with Crippen LogP contribution < -0.4 is 0 Å². The summed E-state index contributed by atoms with van der Waals surface area (Å²) in [4.78, 5) is 27.3. The van der Waals surface area contributed by atoms with Crippen molar-refractivity contribution in [3.63, 3.8) is 0 Å². The van der Waals surface area contributed by atoms with Crippen LogP contribution in [0.5, 0.6) is 0 Å². The summed E-state index contributed by atoms with van der Waals surface area (Å²) in [5.41, 5.74) is -3.03. The van der Waals surface area contributed by atoms with Crippen molar-refractivity contribution >= 4 is 20.1 Å². The normalized spacial score (nSPS) is 38.2. The zero-order chi connectivity index (χ0) is 34.3. The Morgan fingerprint density at radius 3 is 2.36 bits per heavy atom. The molecule has 2 saturated carbocycles. The van der Waals surface area contributed by atoms with Gasteiger partial charge in [0.25, 0.3) is 0 Å². The lowest BCUT2D eigenvalue weighted by Gasteiger charge is -2.53. The second kappa shape index (κ2) is 11.3. The second-order valence-corrected chi connectivity index (χ2v) is 21.3. The van der Waals surface area contributed by atoms with Crippen LogP contribution in [-0.2, 0) is 23.5 Å². The molecule has 0 bridgehead atoms. The predicted molar refractivity (Wildman–Crippen MR) is 180 cm³/mol. The van der Waals surface area contributed by atoms with E-state index in [2.05, 4.69) is 54.3 Å². The highest BCUT2D eigenvalue weighted by molar-refractivity contribution is 6.74. The maximum atomic E-state index is 13.8. The molecule has 8 heteroatoms. The lowest BCUT2D eigenvalue weighted by atomic mass is 9.59. The number of allylic oxidation sites excluding steroid dienone is 2. The number of carbonyl (C=O) groups is 2. The minimum absolute atomic E-state index is 0.0328. The van der Waals surface area contributed by atoms with E-state index < -0.39 is 54.4 Å². The first-order chi connectivity index (χ1) is 20.5. The van der Waals surface area contributed by atoms with E-state index >= 15 is 0 Å². The summed E-state index contributed by atoms with van der Waals surface area (Å²) < 4.78 is 19.9. The zero-order valence-corrected chi connectivity index (χ0v) is 31.0. The molecule has 7 nitrogen and oxygen atoms in total. The number of ketones is 1. The Bertz CT molecular complexity index is 1350. The van der Waals surface area contributed by atoms with Crippen LogP contribution in [0.2, 0.25) is 18.1 Å². The summed E-state index contributed by atoms with van der Waals surface area (Å²) in [6.45, 7) is 30.7. The van der Waals surface area contributed by atoms with Gasteiger partial charge in [0.1, 0.15) is 17.5 Å². The first kappa shape index (κ1) is 35.8. The lowest BCUT2D eigenvalue weighted by molar-refractivity contribution is -0.223. The third kappa shape index (κ3) is 5.17. The maximum absolute atomic E-state index is 13.8. The predicted octanol–water partition coefficient (Wildman–Crippen LogP) is 7.06. The molecule has 0 aromatic heterocycles. The number of hydrogen-bond donors (Lipinski definition) is 2. The van der Waals surface area contributed by atoms with Gasteiger partial charge in [0.2, 0.25) is 0 Å². The van der Waals surface area contributed by atoms with Crippen LogP contribution in [0.25, 0.3) is 0 Å². The average Bonchev–Trinajstić information content (AvgIpc) is 3.38. The zero-order valence-electron chi connectivity index (χ0n) is 30.0. The standard InChI is InChI=1S/C37H58O7Si/c1-15-21(3)25(7)43-31-24(6)36(41)27(29-34(11,12)37(29,31)44-32(39)22(4)16-2)18-26(20-42-45(13,14)33(8,9)10)19-35(40)28(36)17-23(5)30(35)38/h15,17-18,22,24,27-29,31,40-41H,7,16,19-20H2,1-6,8-14H3/b21-15+/t22-,24+,27?,28+,29+,31+,35+,36+,37+/m0/s1. The fourth-order valence-electron chi connectivity index (χ4n) is 8.14. The van der Waals surface area contributed by atoms with Crippen LogP contribution in [0.4, 0.5) is 0 Å². The molecule has 0 aromatic rings. The molecule has 0 amide bonds. The molecule has 1 unspecified atom stereocenters. The highest BCUT2D eigenvalue weighted by Crippen LogP contribution is 2.77. The number of rotatable bonds is 9. The van der Waals surface area contributed by atoms with Gasteiger partial charge in [-0.25, -0.2) is 0 Å². The fraction of sp³-hybridized carbons (Fsp3) is 0.730. The largest absolute Gasteiger partial charge is 0.486 e. The molecule has 252 valence electrons. The van der Waals surface area contributed by atoms with Crippen molar-refractivity contribution in [2.45, 2.75) is 130 Å². The minimum Gasteiger partial charge on any atom is -0.486 e. The van der Waals surface area contributed by atoms with Gasteiger partial charge in [0.05, 0.1) is 18.1 Å². The summed E-state index contributed by atoms with van der Waals surface area (Å²) in [5.74, 6) is -2.98. The van der Waals surface area contributed by atoms with Crippen molar-refractivity contribution < 1.29 is 33.7 Å². The van der Waals surface area contributed by atoms with E-state index in [9.17, 15) is 19.8 Å². The number of hydrogen-bond acceptors (Lipinski definition) is 7. The Morgan fingerprint density at radius 2 is 1.82 bits per heavy atom. The number of Topliss-reactive ketones (excluding diaryl/α,β-unsaturated/α-hetero) is 1. The Labute approximate surface area is 272 Å². The third-order valence-corrected chi connectivity index (χ3v) is 17.1. The van der Waals surface area contributed by atoms with Crippen molar-refractivity contribution in [3.05, 3.63) is 47.3 Å². The van der Waals surface area contributed by atoms with E-state index in [1.54, 1.807) is 13.0 Å². The maximum Gasteiger partial charge on any atom is 0.309 e. The van der Waals surface area contributed by atoms with Crippen LogP contribution in [0.1, 0.15) is 89.0 Å². The second-order valence-electron chi connectivity index (χ2n) is 16.5. The number of carbonyl (C=O) groups excluding carboxylic acids is 2. The van der Waals surface area contributed by atoms with Crippen molar-refractivity contribution in [1.82, 2.24) is 0 Å². The van der Waals surface area contributed by atoms with E-state index in [0.717, 1.165) is 11.1 Å². The van der Waals surface area contributed by atoms with Crippen LogP contribution in [0, 0.1) is 35.0 Å². The van der Waals surface area contributed by atoms with Gasteiger partial charge >= 0.3 is 5.97 Å². The molecule has 4 aliphatic rings. The van der Waals surface area contributed by atoms with E-state index in [-0.39, 0.29) is 41.7 Å². The monoisotopic (exact) mass is 642 g/mol. The Kier molecular flexibility index (Phi) is 9.01. The topological polar surface area (TPSA) is 102 Å². The fourth-order valence-corrected chi connectivity index (χ4v) is 9.12. The molecular weight excluding hydrogens is 584 g/mol. The molecule has 45 heavy (non-hydrogen) atoms. The lowest BCUT2D eigenvalue weighted by Crippen LogP contribution is -2.66. The number of ether oxygens (including phenoxy) is 2. The quantitative estimate of drug-likeness (QED) is 0.0913. The van der Waals surface area contributed by atoms with Gasteiger partial charge in [-0.05, 0) is 62.0 Å². The highest BCUT2D eigenvalue weighted by Gasteiger charge is 2.87. The average molecular weight is 643 g/mol. The third-order valence-electron chi connectivity index (χ3n) is 12.6. The van der Waals surface area contributed by atoms with E-state index in [4.69, 9.17) is 13.9 Å². The number of fused-ring (bicyclic) bond motifs is 5. The summed E-state index contributed by atoms with van der Waals surface area (Å²) in [5, 5.41) is 25.5. The molecule has 0 aliphatic heterocycles. The van der Waals surface area contributed by atoms with Crippen molar-refractivity contribution in [3.8, 4) is 0 Å². The van der Waals surface area contributed by atoms with E-state index in [0.29, 0.717) is 17.8 Å². The Balaban J connectivity index is 1.94. The van der Waals surface area contributed by atoms with E-state index in [1.165, 1.54) is 0 Å². The molecule has 0 spiro atoms. The summed E-state index contributed by atoms with van der Waals surface area (Å²) >= 11 is 0. The first-order valence-electron chi connectivity index (χ1n) is 16.7. The van der Waals surface area contributed by atoms with Gasteiger partial charge < -0.3 is 24.1 Å². The molecule has 0 saturated heterocycles. The van der Waals surface area contributed by atoms with Crippen molar-refractivity contribution in [2.24, 2.45) is 35.0 Å². The summed E-state index contributed by atoms with van der Waals surface area (Å²) in [7, 11) is -2.19. The van der Waals surface area contributed by atoms with Crippen LogP contribution in [0.15, 0.2) is 47.3 Å². The van der Waals surface area contributed by atoms with Gasteiger partial charge in [0, 0.05) is 35.5 Å². The number of esters is 1. The van der Waals surface area contributed by atoms with Crippen LogP contribution in [0.3, 0.4) is 0 Å². The molecular formula is C37H58O7Si. The van der Waals surface area contributed by atoms with Gasteiger partial charge in [-0.2, -0.15) is 0 Å². The molecule has 0 heterocycles. The Morgan fingerprint density at radius 1 is 1.22 bits per heavy atom. The molecule has 0 aromatic carbocycles. The summed E-state index contributed by atoms with van der Waals surface area (Å²) in [6.07, 6.45) is 5.63. The van der Waals surface area contributed by atoms with Crippen molar-refractivity contribution in [2.75, 3.05) is 6.61 Å². The minimum atomic E-state index is -2.19. The number of aliphatic hydroxyl groups is 2. The highest BCUT2D eigenvalue weighted by atomic mass is 28.4. The molecule has 4 aliphatic carbocycles. The van der Waals surface area contributed by atoms with Gasteiger partial charge in [-0.15, -0.1) is 0 Å². The van der Waals surface area contributed by atoms with Gasteiger partial charge in [-0.1, -0.05) is 80.2 Å².